The fraction of sp³-hybridized carbons (Fsp3) is 0.143. The molecule has 0 aliphatic heterocycles. The van der Waals surface area contributed by atoms with E-state index in [-0.39, 0.29) is 5.41 Å². The van der Waals surface area contributed by atoms with E-state index in [1.54, 1.807) is 18.6 Å². The zero-order valence-corrected chi connectivity index (χ0v) is 23.7. The lowest BCUT2D eigenvalue weighted by molar-refractivity contribution is -0.137. The topological polar surface area (TPSA) is 44.9 Å². The Morgan fingerprint density at radius 1 is 0.651 bits per heavy atom. The van der Waals surface area contributed by atoms with E-state index in [2.05, 4.69) is 30.7 Å². The molecule has 214 valence electrons. The minimum atomic E-state index is -4.46. The van der Waals surface area contributed by atoms with Gasteiger partial charge in [-0.1, -0.05) is 39.0 Å². The molecule has 8 heteroatoms. The monoisotopic (exact) mass is 576 g/mol. The van der Waals surface area contributed by atoms with Crippen LogP contribution in [0.5, 0.6) is 11.5 Å². The standard InChI is InChI=1S/C35H27F3N4O/c1-34(2,3)22-15-16-39-33(18-22)42-30-14-11-23(35(36,37)38)17-28(30)27-13-12-26(20-32(27)42)43-25-8-6-7-24(19-25)41-21-40-29-9-4-5-10-31(29)41/h4-21H,1-3H3. The fourth-order valence-corrected chi connectivity index (χ4v) is 5.49. The second-order valence-electron chi connectivity index (χ2n) is 11.6. The first-order valence-electron chi connectivity index (χ1n) is 13.9. The number of benzene rings is 4. The number of ether oxygens (including phenoxy) is 1. The van der Waals surface area contributed by atoms with Crippen molar-refractivity contribution < 1.29 is 17.9 Å². The first kappa shape index (κ1) is 26.8. The third-order valence-electron chi connectivity index (χ3n) is 7.69. The molecule has 0 N–H and O–H groups in total. The molecule has 0 saturated heterocycles. The smallest absolute Gasteiger partial charge is 0.416 e. The molecule has 43 heavy (non-hydrogen) atoms. The van der Waals surface area contributed by atoms with Crippen molar-refractivity contribution >= 4 is 32.8 Å². The van der Waals surface area contributed by atoms with Crippen molar-refractivity contribution in [1.29, 1.82) is 0 Å². The van der Waals surface area contributed by atoms with Crippen LogP contribution in [0.2, 0.25) is 0 Å². The van der Waals surface area contributed by atoms with Crippen LogP contribution in [-0.4, -0.2) is 19.1 Å². The van der Waals surface area contributed by atoms with Crippen LogP contribution >= 0.6 is 0 Å². The van der Waals surface area contributed by atoms with Crippen molar-refractivity contribution in [2.45, 2.75) is 32.4 Å². The number of nitrogens with zero attached hydrogens (tertiary/aromatic N) is 4. The number of hydrogen-bond acceptors (Lipinski definition) is 3. The van der Waals surface area contributed by atoms with Crippen molar-refractivity contribution in [3.8, 4) is 23.0 Å². The van der Waals surface area contributed by atoms with Gasteiger partial charge in [-0.15, -0.1) is 0 Å². The summed E-state index contributed by atoms with van der Waals surface area (Å²) in [6.07, 6.45) is -0.937. The van der Waals surface area contributed by atoms with Gasteiger partial charge in [0.2, 0.25) is 0 Å². The van der Waals surface area contributed by atoms with Gasteiger partial charge in [0.05, 0.1) is 33.3 Å². The lowest BCUT2D eigenvalue weighted by Crippen LogP contribution is -2.12. The zero-order valence-electron chi connectivity index (χ0n) is 23.7. The van der Waals surface area contributed by atoms with Gasteiger partial charge < -0.3 is 4.74 Å². The molecule has 0 fully saturated rings. The average Bonchev–Trinajstić information content (AvgIpc) is 3.55. The van der Waals surface area contributed by atoms with Gasteiger partial charge in [0.25, 0.3) is 0 Å². The highest BCUT2D eigenvalue weighted by Gasteiger charge is 2.31. The van der Waals surface area contributed by atoms with E-state index < -0.39 is 11.7 Å². The first-order valence-corrected chi connectivity index (χ1v) is 13.9. The fourth-order valence-electron chi connectivity index (χ4n) is 5.49. The van der Waals surface area contributed by atoms with E-state index in [0.717, 1.165) is 28.4 Å². The van der Waals surface area contributed by atoms with E-state index in [1.165, 1.54) is 12.1 Å². The summed E-state index contributed by atoms with van der Waals surface area (Å²) >= 11 is 0. The normalized spacial score (nSPS) is 12.4. The molecule has 0 bridgehead atoms. The Morgan fingerprint density at radius 2 is 1.47 bits per heavy atom. The number of rotatable bonds is 4. The minimum absolute atomic E-state index is 0.139. The number of halogens is 3. The minimum Gasteiger partial charge on any atom is -0.457 e. The molecular formula is C35H27F3N4O. The molecule has 7 rings (SSSR count). The lowest BCUT2D eigenvalue weighted by Gasteiger charge is -2.20. The lowest BCUT2D eigenvalue weighted by atomic mass is 9.88. The third kappa shape index (κ3) is 4.78. The summed E-state index contributed by atoms with van der Waals surface area (Å²) in [5.41, 5.74) is 4.33. The summed E-state index contributed by atoms with van der Waals surface area (Å²) in [5, 5.41) is 1.17. The SMILES string of the molecule is CC(C)(C)c1ccnc(-n2c3ccc(C(F)(F)F)cc3c3ccc(Oc4cccc(-n5cnc6ccccc65)c4)cc32)c1. The molecule has 0 amide bonds. The predicted molar refractivity (Wildman–Crippen MR) is 163 cm³/mol. The van der Waals surface area contributed by atoms with Gasteiger partial charge in [-0.05, 0) is 77.7 Å². The van der Waals surface area contributed by atoms with Crippen molar-refractivity contribution in [2.24, 2.45) is 0 Å². The van der Waals surface area contributed by atoms with Gasteiger partial charge in [0.1, 0.15) is 23.6 Å². The molecule has 7 aromatic rings. The summed E-state index contributed by atoms with van der Waals surface area (Å²) < 4.78 is 51.4. The molecule has 0 saturated carbocycles. The average molecular weight is 577 g/mol. The number of imidazole rings is 1. The second kappa shape index (κ2) is 9.73. The van der Waals surface area contributed by atoms with Crippen LogP contribution in [0.25, 0.3) is 44.3 Å². The number of pyridine rings is 1. The van der Waals surface area contributed by atoms with E-state index in [4.69, 9.17) is 4.74 Å². The van der Waals surface area contributed by atoms with Crippen LogP contribution in [0, 0.1) is 0 Å². The van der Waals surface area contributed by atoms with Gasteiger partial charge in [-0.25, -0.2) is 9.97 Å². The van der Waals surface area contributed by atoms with Gasteiger partial charge >= 0.3 is 6.18 Å². The van der Waals surface area contributed by atoms with Crippen LogP contribution < -0.4 is 4.74 Å². The Hall–Kier alpha value is -5.11. The van der Waals surface area contributed by atoms with Gasteiger partial charge in [0.15, 0.2) is 0 Å². The largest absolute Gasteiger partial charge is 0.457 e. The van der Waals surface area contributed by atoms with Gasteiger partial charge in [-0.3, -0.25) is 9.13 Å². The van der Waals surface area contributed by atoms with E-state index >= 15 is 0 Å². The molecular weight excluding hydrogens is 549 g/mol. The number of alkyl halides is 3. The predicted octanol–water partition coefficient (Wildman–Crippen LogP) is 9.63. The molecule has 5 nitrogen and oxygen atoms in total. The summed E-state index contributed by atoms with van der Waals surface area (Å²) in [6.45, 7) is 6.33. The Bertz CT molecular complexity index is 2150. The maximum Gasteiger partial charge on any atom is 0.416 e. The van der Waals surface area contributed by atoms with Crippen molar-refractivity contribution in [2.75, 3.05) is 0 Å². The first-order chi connectivity index (χ1) is 20.6. The number of para-hydroxylation sites is 2. The highest BCUT2D eigenvalue weighted by Crippen LogP contribution is 2.39. The third-order valence-corrected chi connectivity index (χ3v) is 7.69. The summed E-state index contributed by atoms with van der Waals surface area (Å²) in [5.74, 6) is 1.79. The summed E-state index contributed by atoms with van der Waals surface area (Å²) in [4.78, 5) is 9.12. The van der Waals surface area contributed by atoms with Crippen LogP contribution in [0.15, 0.2) is 110 Å². The molecule has 4 aromatic carbocycles. The van der Waals surface area contributed by atoms with E-state index in [0.29, 0.717) is 39.1 Å². The molecule has 0 aliphatic carbocycles. The molecule has 3 aromatic heterocycles. The molecule has 0 radical (unpaired) electrons. The second-order valence-corrected chi connectivity index (χ2v) is 11.6. The van der Waals surface area contributed by atoms with Crippen LogP contribution in [0.4, 0.5) is 13.2 Å². The van der Waals surface area contributed by atoms with Crippen LogP contribution in [0.3, 0.4) is 0 Å². The number of hydrogen-bond donors (Lipinski definition) is 0. The van der Waals surface area contributed by atoms with Gasteiger partial charge in [0, 0.05) is 29.1 Å². The molecule has 3 heterocycles. The summed E-state index contributed by atoms with van der Waals surface area (Å²) in [6, 6.07) is 28.8. The van der Waals surface area contributed by atoms with Crippen LogP contribution in [-0.2, 0) is 11.6 Å². The van der Waals surface area contributed by atoms with Gasteiger partial charge in [-0.2, -0.15) is 13.2 Å². The highest BCUT2D eigenvalue weighted by atomic mass is 19.4. The summed E-state index contributed by atoms with van der Waals surface area (Å²) in [7, 11) is 0. The molecule has 0 unspecified atom stereocenters. The molecule has 0 spiro atoms. The number of aromatic nitrogens is 4. The van der Waals surface area contributed by atoms with Crippen molar-refractivity contribution in [1.82, 2.24) is 19.1 Å². The Kier molecular flexibility index (Phi) is 6.06. The Balaban J connectivity index is 1.36. The van der Waals surface area contributed by atoms with Crippen molar-refractivity contribution in [3.05, 3.63) is 121 Å². The zero-order chi connectivity index (χ0) is 29.9. The molecule has 0 atom stereocenters. The maximum atomic E-state index is 13.7. The highest BCUT2D eigenvalue weighted by molar-refractivity contribution is 6.09. The van der Waals surface area contributed by atoms with Crippen molar-refractivity contribution in [3.63, 3.8) is 0 Å². The molecule has 0 aliphatic rings. The Labute approximate surface area is 245 Å². The number of fused-ring (bicyclic) bond motifs is 4. The van der Waals surface area contributed by atoms with Crippen LogP contribution in [0.1, 0.15) is 31.9 Å². The quantitative estimate of drug-likeness (QED) is 0.210. The maximum absolute atomic E-state index is 13.7. The van der Waals surface area contributed by atoms with E-state index in [1.807, 2.05) is 81.9 Å². The van der Waals surface area contributed by atoms with E-state index in [9.17, 15) is 13.2 Å². The Morgan fingerprint density at radius 3 is 2.28 bits per heavy atom.